The predicted molar refractivity (Wildman–Crippen MR) is 131 cm³/mol. The van der Waals surface area contributed by atoms with Crippen LogP contribution < -0.4 is 5.32 Å². The van der Waals surface area contributed by atoms with Crippen molar-refractivity contribution in [2.24, 2.45) is 0 Å². The van der Waals surface area contributed by atoms with Crippen molar-refractivity contribution in [1.82, 2.24) is 19.9 Å². The molecule has 0 saturated carbocycles. The first-order valence-electron chi connectivity index (χ1n) is 10.5. The largest absolute Gasteiger partial charge is 0.345 e. The number of hydrogen-bond acceptors (Lipinski definition) is 4. The van der Waals surface area contributed by atoms with Gasteiger partial charge >= 0.3 is 0 Å². The molecule has 160 valence electrons. The molecule has 0 aliphatic carbocycles. The molecule has 0 bridgehead atoms. The van der Waals surface area contributed by atoms with Gasteiger partial charge in [0.2, 0.25) is 5.91 Å². The maximum atomic E-state index is 12.0. The number of aromatic nitrogens is 4. The molecule has 0 saturated heterocycles. The van der Waals surface area contributed by atoms with E-state index in [1.807, 2.05) is 48.8 Å². The van der Waals surface area contributed by atoms with Crippen LogP contribution in [0.25, 0.3) is 33.4 Å². The van der Waals surface area contributed by atoms with Gasteiger partial charge in [-0.25, -0.2) is 15.0 Å². The average molecular weight is 431 g/mol. The van der Waals surface area contributed by atoms with Crippen LogP contribution in [0.1, 0.15) is 11.1 Å². The molecule has 0 fully saturated rings. The van der Waals surface area contributed by atoms with Gasteiger partial charge in [-0.3, -0.25) is 4.79 Å². The summed E-state index contributed by atoms with van der Waals surface area (Å²) >= 11 is 0. The van der Waals surface area contributed by atoms with Gasteiger partial charge in [-0.2, -0.15) is 0 Å². The predicted octanol–water partition coefficient (Wildman–Crippen LogP) is 5.40. The summed E-state index contributed by atoms with van der Waals surface area (Å²) < 4.78 is 0. The van der Waals surface area contributed by atoms with Gasteiger partial charge in [0, 0.05) is 40.8 Å². The van der Waals surface area contributed by atoms with Crippen LogP contribution >= 0.6 is 0 Å². The maximum Gasteiger partial charge on any atom is 0.247 e. The Hall–Kier alpha value is -4.58. The van der Waals surface area contributed by atoms with Gasteiger partial charge < -0.3 is 10.3 Å². The van der Waals surface area contributed by atoms with E-state index < -0.39 is 0 Å². The van der Waals surface area contributed by atoms with Gasteiger partial charge in [-0.1, -0.05) is 43.0 Å². The monoisotopic (exact) mass is 431 g/mol. The van der Waals surface area contributed by atoms with Crippen molar-refractivity contribution in [1.29, 1.82) is 0 Å². The second kappa shape index (κ2) is 8.88. The smallest absolute Gasteiger partial charge is 0.247 e. The summed E-state index contributed by atoms with van der Waals surface area (Å²) in [5, 5.41) is 3.87. The molecule has 0 aliphatic rings. The van der Waals surface area contributed by atoms with E-state index in [0.717, 1.165) is 45.4 Å². The summed E-state index contributed by atoms with van der Waals surface area (Å²) in [6.07, 6.45) is 9.02. The molecule has 5 aromatic rings. The molecule has 0 aliphatic heterocycles. The van der Waals surface area contributed by atoms with Crippen molar-refractivity contribution >= 4 is 22.6 Å². The Balaban J connectivity index is 1.59. The molecule has 0 radical (unpaired) electrons. The molecule has 2 N–H and O–H groups in total. The lowest BCUT2D eigenvalue weighted by atomic mass is 9.98. The summed E-state index contributed by atoms with van der Waals surface area (Å²) in [6.45, 7) is 3.56. The third kappa shape index (κ3) is 4.41. The third-order valence-corrected chi connectivity index (χ3v) is 5.42. The third-order valence-electron chi connectivity index (χ3n) is 5.42. The Morgan fingerprint density at radius 2 is 1.88 bits per heavy atom. The maximum absolute atomic E-state index is 12.0. The van der Waals surface area contributed by atoms with E-state index in [1.165, 1.54) is 18.0 Å². The topological polar surface area (TPSA) is 83.6 Å². The molecule has 3 heterocycles. The molecule has 2 aromatic carbocycles. The van der Waals surface area contributed by atoms with E-state index in [9.17, 15) is 4.79 Å². The van der Waals surface area contributed by atoms with Crippen LogP contribution in [0.15, 0.2) is 98.2 Å². The van der Waals surface area contributed by atoms with Gasteiger partial charge in [-0.15, -0.1) is 0 Å². The van der Waals surface area contributed by atoms with E-state index >= 15 is 0 Å². The lowest BCUT2D eigenvalue weighted by molar-refractivity contribution is -0.111. The molecule has 0 unspecified atom stereocenters. The van der Waals surface area contributed by atoms with Crippen molar-refractivity contribution in [3.63, 3.8) is 0 Å². The number of benzene rings is 2. The Kier molecular flexibility index (Phi) is 5.47. The minimum absolute atomic E-state index is 0.247. The second-order valence-corrected chi connectivity index (χ2v) is 7.69. The molecule has 0 atom stereocenters. The number of carbonyl (C=O) groups is 1. The van der Waals surface area contributed by atoms with Crippen LogP contribution in [-0.4, -0.2) is 25.8 Å². The fraction of sp³-hybridized carbons (Fsp3) is 0.0370. The van der Waals surface area contributed by atoms with Gasteiger partial charge in [0.1, 0.15) is 12.0 Å². The highest BCUT2D eigenvalue weighted by Crippen LogP contribution is 2.32. The number of carbonyl (C=O) groups excluding carboxylic acids is 1. The minimum atomic E-state index is -0.247. The SMILES string of the molecule is C=CC(=O)Nc1cc(Cc2ccccc2)cc(-c2cnc3[nH]cc(-c4ccncn4)c3c2)c1. The number of pyridine rings is 1. The van der Waals surface area contributed by atoms with E-state index in [1.54, 1.807) is 6.20 Å². The second-order valence-electron chi connectivity index (χ2n) is 7.69. The first kappa shape index (κ1) is 20.3. The Morgan fingerprint density at radius 1 is 1.00 bits per heavy atom. The first-order valence-corrected chi connectivity index (χ1v) is 10.5. The van der Waals surface area contributed by atoms with Crippen LogP contribution in [0.3, 0.4) is 0 Å². The number of anilines is 1. The summed E-state index contributed by atoms with van der Waals surface area (Å²) in [4.78, 5) is 28.2. The fourth-order valence-electron chi connectivity index (χ4n) is 3.88. The standard InChI is InChI=1S/C27H21N5O/c1-2-26(33)32-22-12-19(10-18-6-4-3-5-7-18)11-20(13-22)21-14-23-24(16-30-27(23)29-15-21)25-8-9-28-17-31-25/h2-9,11-17H,1,10H2,(H,29,30)(H,32,33). The average Bonchev–Trinajstić information content (AvgIpc) is 3.28. The molecule has 6 nitrogen and oxygen atoms in total. The summed E-state index contributed by atoms with van der Waals surface area (Å²) in [7, 11) is 0. The van der Waals surface area contributed by atoms with Crippen LogP contribution in [0, 0.1) is 0 Å². The number of nitrogens with zero attached hydrogens (tertiary/aromatic N) is 3. The number of aromatic amines is 1. The number of hydrogen-bond donors (Lipinski definition) is 2. The highest BCUT2D eigenvalue weighted by atomic mass is 16.1. The normalized spacial score (nSPS) is 10.8. The van der Waals surface area contributed by atoms with Crippen LogP contribution in [0.4, 0.5) is 5.69 Å². The van der Waals surface area contributed by atoms with Gasteiger partial charge in [0.25, 0.3) is 0 Å². The zero-order valence-corrected chi connectivity index (χ0v) is 17.8. The van der Waals surface area contributed by atoms with E-state index in [2.05, 4.69) is 56.1 Å². The van der Waals surface area contributed by atoms with Crippen molar-refractivity contribution in [2.45, 2.75) is 6.42 Å². The number of nitrogens with one attached hydrogen (secondary N) is 2. The van der Waals surface area contributed by atoms with E-state index in [4.69, 9.17) is 0 Å². The number of amides is 1. The van der Waals surface area contributed by atoms with Crippen molar-refractivity contribution < 1.29 is 4.79 Å². The first-order chi connectivity index (χ1) is 16.2. The highest BCUT2D eigenvalue weighted by molar-refractivity contribution is 5.99. The molecular weight excluding hydrogens is 410 g/mol. The van der Waals surface area contributed by atoms with Crippen LogP contribution in [0.2, 0.25) is 0 Å². The van der Waals surface area contributed by atoms with Crippen molar-refractivity contribution in [3.8, 4) is 22.4 Å². The number of rotatable bonds is 6. The Morgan fingerprint density at radius 3 is 2.67 bits per heavy atom. The lowest BCUT2D eigenvalue weighted by Gasteiger charge is -2.11. The molecule has 6 heteroatoms. The number of fused-ring (bicyclic) bond motifs is 1. The summed E-state index contributed by atoms with van der Waals surface area (Å²) in [5.41, 5.74) is 7.48. The van der Waals surface area contributed by atoms with Crippen LogP contribution in [-0.2, 0) is 11.2 Å². The molecule has 5 rings (SSSR count). The van der Waals surface area contributed by atoms with Gasteiger partial charge in [0.15, 0.2) is 0 Å². The van der Waals surface area contributed by atoms with Crippen LogP contribution in [0.5, 0.6) is 0 Å². The minimum Gasteiger partial charge on any atom is -0.345 e. The summed E-state index contributed by atoms with van der Waals surface area (Å²) in [5.74, 6) is -0.247. The molecule has 33 heavy (non-hydrogen) atoms. The Labute approximate surface area is 191 Å². The summed E-state index contributed by atoms with van der Waals surface area (Å²) in [6, 6.07) is 20.3. The number of H-pyrrole nitrogens is 1. The quantitative estimate of drug-likeness (QED) is 0.353. The lowest BCUT2D eigenvalue weighted by Crippen LogP contribution is -2.07. The van der Waals surface area contributed by atoms with Crippen molar-refractivity contribution in [2.75, 3.05) is 5.32 Å². The van der Waals surface area contributed by atoms with Crippen molar-refractivity contribution in [3.05, 3.63) is 109 Å². The molecule has 1 amide bonds. The van der Waals surface area contributed by atoms with E-state index in [-0.39, 0.29) is 5.91 Å². The zero-order valence-electron chi connectivity index (χ0n) is 17.8. The van der Waals surface area contributed by atoms with E-state index in [0.29, 0.717) is 5.69 Å². The molecule has 0 spiro atoms. The highest BCUT2D eigenvalue weighted by Gasteiger charge is 2.12. The van der Waals surface area contributed by atoms with Gasteiger partial charge in [0.05, 0.1) is 5.69 Å². The molecular formula is C27H21N5O. The molecule has 3 aromatic heterocycles. The Bertz CT molecular complexity index is 1440. The zero-order chi connectivity index (χ0) is 22.6. The fourth-order valence-corrected chi connectivity index (χ4v) is 3.88. The van der Waals surface area contributed by atoms with Gasteiger partial charge in [-0.05, 0) is 53.5 Å².